The number of carbonyl (C=O) groups is 1. The Balaban J connectivity index is 1.99. The maximum absolute atomic E-state index is 13.2. The van der Waals surface area contributed by atoms with Crippen molar-refractivity contribution in [3.8, 4) is 0 Å². The van der Waals surface area contributed by atoms with Crippen LogP contribution in [0.1, 0.15) is 36.7 Å². The second-order valence-corrected chi connectivity index (χ2v) is 8.44. The summed E-state index contributed by atoms with van der Waals surface area (Å²) in [6.07, 6.45) is 0.523. The van der Waals surface area contributed by atoms with Gasteiger partial charge in [-0.2, -0.15) is 0 Å². The third-order valence-corrected chi connectivity index (χ3v) is 6.84. The summed E-state index contributed by atoms with van der Waals surface area (Å²) in [7, 11) is -3.81. The van der Waals surface area contributed by atoms with E-state index < -0.39 is 15.8 Å². The molecule has 7 heteroatoms. The Hall–Kier alpha value is -2.41. The largest absolute Gasteiger partial charge is 0.339 e. The lowest BCUT2D eigenvalue weighted by molar-refractivity contribution is 0.0773. The summed E-state index contributed by atoms with van der Waals surface area (Å²) in [5, 5.41) is 0. The van der Waals surface area contributed by atoms with Gasteiger partial charge in [-0.05, 0) is 75.2 Å². The number of sulfonamides is 1. The molecule has 0 unspecified atom stereocenters. The fourth-order valence-electron chi connectivity index (χ4n) is 3.52. The first-order valence-electron chi connectivity index (χ1n) is 9.01. The standard InChI is InChI=1S/C20H23FN2O3S/c1-4-22(5-2)20(24)15-6-11-19-16(13-15)12-14(3)23(19)27(25,26)18-9-7-17(21)8-10-18/h6-11,13-14H,4-5,12H2,1-3H3/t14-/m1/s1. The van der Waals surface area contributed by atoms with Gasteiger partial charge in [-0.3, -0.25) is 9.10 Å². The molecular weight excluding hydrogens is 367 g/mol. The minimum atomic E-state index is -3.81. The number of nitrogens with zero attached hydrogens (tertiary/aromatic N) is 2. The third kappa shape index (κ3) is 3.43. The Morgan fingerprint density at radius 1 is 1.15 bits per heavy atom. The molecule has 27 heavy (non-hydrogen) atoms. The number of fused-ring (bicyclic) bond motifs is 1. The first-order chi connectivity index (χ1) is 12.8. The van der Waals surface area contributed by atoms with E-state index in [4.69, 9.17) is 0 Å². The highest BCUT2D eigenvalue weighted by Crippen LogP contribution is 2.37. The molecule has 1 aliphatic heterocycles. The highest BCUT2D eigenvalue weighted by molar-refractivity contribution is 7.92. The highest BCUT2D eigenvalue weighted by atomic mass is 32.2. The molecular formula is C20H23FN2O3S. The molecule has 1 atom stereocenters. The molecule has 0 fully saturated rings. The number of rotatable bonds is 5. The zero-order valence-electron chi connectivity index (χ0n) is 15.6. The van der Waals surface area contributed by atoms with E-state index in [2.05, 4.69) is 0 Å². The van der Waals surface area contributed by atoms with Crippen LogP contribution in [0.25, 0.3) is 0 Å². The SMILES string of the molecule is CCN(CC)C(=O)c1ccc2c(c1)C[C@@H](C)N2S(=O)(=O)c1ccc(F)cc1. The summed E-state index contributed by atoms with van der Waals surface area (Å²) in [4.78, 5) is 14.4. The maximum Gasteiger partial charge on any atom is 0.264 e. The van der Waals surface area contributed by atoms with Crippen LogP contribution in [-0.4, -0.2) is 38.4 Å². The lowest BCUT2D eigenvalue weighted by Crippen LogP contribution is -2.35. The van der Waals surface area contributed by atoms with E-state index in [9.17, 15) is 17.6 Å². The molecule has 2 aromatic carbocycles. The molecule has 0 saturated carbocycles. The molecule has 5 nitrogen and oxygen atoms in total. The Morgan fingerprint density at radius 3 is 2.37 bits per heavy atom. The fourth-order valence-corrected chi connectivity index (χ4v) is 5.21. The molecule has 3 rings (SSSR count). The molecule has 0 saturated heterocycles. The molecule has 1 heterocycles. The Bertz CT molecular complexity index is 954. The van der Waals surface area contributed by atoms with Crippen molar-refractivity contribution in [2.75, 3.05) is 17.4 Å². The predicted molar refractivity (Wildman–Crippen MR) is 103 cm³/mol. The molecule has 1 aliphatic rings. The van der Waals surface area contributed by atoms with Crippen molar-refractivity contribution in [2.24, 2.45) is 0 Å². The van der Waals surface area contributed by atoms with Crippen LogP contribution in [0.15, 0.2) is 47.4 Å². The first kappa shape index (κ1) is 19.4. The molecule has 2 aromatic rings. The van der Waals surface area contributed by atoms with Gasteiger partial charge in [-0.1, -0.05) is 0 Å². The quantitative estimate of drug-likeness (QED) is 0.786. The summed E-state index contributed by atoms with van der Waals surface area (Å²) >= 11 is 0. The van der Waals surface area contributed by atoms with Crippen molar-refractivity contribution in [2.45, 2.75) is 38.1 Å². The number of halogens is 1. The van der Waals surface area contributed by atoms with E-state index in [1.54, 1.807) is 23.1 Å². The Morgan fingerprint density at radius 2 is 1.78 bits per heavy atom. The number of carbonyl (C=O) groups excluding carboxylic acids is 1. The summed E-state index contributed by atoms with van der Waals surface area (Å²) in [5.74, 6) is -0.543. The minimum absolute atomic E-state index is 0.0481. The van der Waals surface area contributed by atoms with Crippen molar-refractivity contribution in [3.05, 3.63) is 59.4 Å². The summed E-state index contributed by atoms with van der Waals surface area (Å²) in [6, 6.07) is 9.68. The van der Waals surface area contributed by atoms with E-state index in [1.165, 1.54) is 16.4 Å². The van der Waals surface area contributed by atoms with Crippen molar-refractivity contribution in [3.63, 3.8) is 0 Å². The zero-order chi connectivity index (χ0) is 19.8. The van der Waals surface area contributed by atoms with Gasteiger partial charge >= 0.3 is 0 Å². The van der Waals surface area contributed by atoms with E-state index in [0.717, 1.165) is 17.7 Å². The zero-order valence-corrected chi connectivity index (χ0v) is 16.5. The molecule has 0 radical (unpaired) electrons. The average Bonchev–Trinajstić information content (AvgIpc) is 2.98. The summed E-state index contributed by atoms with van der Waals surface area (Å²) in [5.41, 5.74) is 1.96. The number of anilines is 1. The highest BCUT2D eigenvalue weighted by Gasteiger charge is 2.36. The summed E-state index contributed by atoms with van der Waals surface area (Å²) < 4.78 is 40.7. The van der Waals surface area contributed by atoms with Crippen LogP contribution in [0.4, 0.5) is 10.1 Å². The Kier molecular flexibility index (Phi) is 5.24. The van der Waals surface area contributed by atoms with Crippen LogP contribution in [-0.2, 0) is 16.4 Å². The molecule has 0 bridgehead atoms. The van der Waals surface area contributed by atoms with Crippen LogP contribution < -0.4 is 4.31 Å². The number of hydrogen-bond donors (Lipinski definition) is 0. The van der Waals surface area contributed by atoms with Crippen molar-refractivity contribution < 1.29 is 17.6 Å². The molecule has 0 N–H and O–H groups in total. The van der Waals surface area contributed by atoms with Gasteiger partial charge in [-0.25, -0.2) is 12.8 Å². The molecule has 144 valence electrons. The van der Waals surface area contributed by atoms with E-state index >= 15 is 0 Å². The molecule has 0 spiro atoms. The normalized spacial score (nSPS) is 16.3. The monoisotopic (exact) mass is 390 g/mol. The van der Waals surface area contributed by atoms with Crippen molar-refractivity contribution in [1.29, 1.82) is 0 Å². The number of benzene rings is 2. The van der Waals surface area contributed by atoms with Crippen molar-refractivity contribution >= 4 is 21.6 Å². The van der Waals surface area contributed by atoms with Gasteiger partial charge in [0.25, 0.3) is 15.9 Å². The minimum Gasteiger partial charge on any atom is -0.339 e. The molecule has 1 amide bonds. The second-order valence-electron chi connectivity index (χ2n) is 6.63. The lowest BCUT2D eigenvalue weighted by Gasteiger charge is -2.24. The van der Waals surface area contributed by atoms with Gasteiger partial charge in [0.1, 0.15) is 5.82 Å². The van der Waals surface area contributed by atoms with Crippen LogP contribution >= 0.6 is 0 Å². The van der Waals surface area contributed by atoms with Gasteiger partial charge in [0, 0.05) is 24.7 Å². The van der Waals surface area contributed by atoms with Gasteiger partial charge in [-0.15, -0.1) is 0 Å². The van der Waals surface area contributed by atoms with E-state index in [1.807, 2.05) is 20.8 Å². The Labute approximate surface area is 159 Å². The van der Waals surface area contributed by atoms with Crippen molar-refractivity contribution in [1.82, 2.24) is 4.90 Å². The number of amides is 1. The fraction of sp³-hybridized carbons (Fsp3) is 0.350. The van der Waals surface area contributed by atoms with Gasteiger partial charge < -0.3 is 4.90 Å². The van der Waals surface area contributed by atoms with E-state index in [0.29, 0.717) is 30.8 Å². The predicted octanol–water partition coefficient (Wildman–Crippen LogP) is 3.45. The van der Waals surface area contributed by atoms with E-state index in [-0.39, 0.29) is 16.8 Å². The van der Waals surface area contributed by atoms with Gasteiger partial charge in [0.15, 0.2) is 0 Å². The first-order valence-corrected chi connectivity index (χ1v) is 10.5. The van der Waals surface area contributed by atoms with Gasteiger partial charge in [0.05, 0.1) is 10.6 Å². The summed E-state index contributed by atoms with van der Waals surface area (Å²) in [6.45, 7) is 6.91. The smallest absolute Gasteiger partial charge is 0.264 e. The average molecular weight is 390 g/mol. The second kappa shape index (κ2) is 7.31. The van der Waals surface area contributed by atoms with Crippen LogP contribution in [0.2, 0.25) is 0 Å². The number of hydrogen-bond acceptors (Lipinski definition) is 3. The van der Waals surface area contributed by atoms with Gasteiger partial charge in [0.2, 0.25) is 0 Å². The lowest BCUT2D eigenvalue weighted by atomic mass is 10.1. The van der Waals surface area contributed by atoms with Crippen LogP contribution in [0.5, 0.6) is 0 Å². The van der Waals surface area contributed by atoms with Crippen LogP contribution in [0.3, 0.4) is 0 Å². The molecule has 0 aliphatic carbocycles. The third-order valence-electron chi connectivity index (χ3n) is 4.90. The van der Waals surface area contributed by atoms with Crippen LogP contribution in [0, 0.1) is 5.82 Å². The maximum atomic E-state index is 13.2. The topological polar surface area (TPSA) is 57.7 Å². The molecule has 0 aromatic heterocycles.